The molecule has 1 aliphatic heterocycles. The molecule has 34 heavy (non-hydrogen) atoms. The third-order valence-corrected chi connectivity index (χ3v) is 6.61. The summed E-state index contributed by atoms with van der Waals surface area (Å²) in [6.07, 6.45) is 1.48. The van der Waals surface area contributed by atoms with E-state index in [9.17, 15) is 17.8 Å². The lowest BCUT2D eigenvalue weighted by atomic mass is 9.82. The number of carboxylic acids is 1. The molecule has 1 aliphatic rings. The van der Waals surface area contributed by atoms with E-state index in [1.54, 1.807) is 11.7 Å². The molecule has 192 valence electrons. The Morgan fingerprint density at radius 1 is 0.941 bits per heavy atom. The molecule has 11 heteroatoms. The molecule has 2 rings (SSSR count). The molecule has 0 fully saturated rings. The zero-order valence-electron chi connectivity index (χ0n) is 20.3. The molecule has 0 aromatic heterocycles. The number of ether oxygens (including phenoxy) is 3. The fourth-order valence-corrected chi connectivity index (χ4v) is 4.22. The standard InChI is InChI=1S/C23H35NO9S/c1-17-15-19(34(27,28)29)16-20-22(17)24(18(2)23(20,3)4)33-14-13-32-12-11-31-10-9-30-8-6-5-7-21(25)26/h15-16H,5-14H2,1-4H3,(H-,25,26,27,28,29)/p+1. The minimum absolute atomic E-state index is 0.126. The summed E-state index contributed by atoms with van der Waals surface area (Å²) in [6, 6.07) is 2.94. The first-order chi connectivity index (χ1) is 16.0. The molecular weight excluding hydrogens is 466 g/mol. The molecule has 1 aromatic carbocycles. The number of benzene rings is 1. The number of aliphatic carboxylic acids is 1. The highest BCUT2D eigenvalue weighted by atomic mass is 32.2. The summed E-state index contributed by atoms with van der Waals surface area (Å²) in [5.41, 5.74) is 2.68. The van der Waals surface area contributed by atoms with Gasteiger partial charge in [0.1, 0.15) is 0 Å². The van der Waals surface area contributed by atoms with Gasteiger partial charge in [0.15, 0.2) is 6.61 Å². The van der Waals surface area contributed by atoms with Crippen molar-refractivity contribution in [3.63, 3.8) is 0 Å². The van der Waals surface area contributed by atoms with Crippen LogP contribution in [0, 0.1) is 6.92 Å². The van der Waals surface area contributed by atoms with Crippen LogP contribution in [-0.4, -0.2) is 80.7 Å². The summed E-state index contributed by atoms with van der Waals surface area (Å²) < 4.78 is 50.8. The molecule has 0 saturated heterocycles. The third-order valence-electron chi connectivity index (χ3n) is 5.78. The molecule has 0 bridgehead atoms. The van der Waals surface area contributed by atoms with Crippen LogP contribution in [0.15, 0.2) is 17.0 Å². The number of hydrogen-bond donors (Lipinski definition) is 2. The maximum absolute atomic E-state index is 11.6. The van der Waals surface area contributed by atoms with Crippen LogP contribution in [0.25, 0.3) is 0 Å². The monoisotopic (exact) mass is 502 g/mol. The maximum Gasteiger partial charge on any atom is 0.303 e. The van der Waals surface area contributed by atoms with E-state index in [1.807, 2.05) is 20.8 Å². The summed E-state index contributed by atoms with van der Waals surface area (Å²) in [7, 11) is -4.30. The molecule has 1 heterocycles. The predicted octanol–water partition coefficient (Wildman–Crippen LogP) is 2.87. The Kier molecular flexibility index (Phi) is 10.4. The summed E-state index contributed by atoms with van der Waals surface area (Å²) in [6.45, 7) is 10.6. The lowest BCUT2D eigenvalue weighted by Gasteiger charge is -2.14. The number of carbonyl (C=O) groups is 1. The molecule has 0 amide bonds. The number of hydrogen-bond acceptors (Lipinski definition) is 7. The molecule has 2 N–H and O–H groups in total. The van der Waals surface area contributed by atoms with Gasteiger partial charge < -0.3 is 19.3 Å². The van der Waals surface area contributed by atoms with E-state index in [1.165, 1.54) is 12.1 Å². The largest absolute Gasteiger partial charge is 0.481 e. The predicted molar refractivity (Wildman–Crippen MR) is 125 cm³/mol. The number of fused-ring (bicyclic) bond motifs is 1. The number of unbranched alkanes of at least 4 members (excludes halogenated alkanes) is 1. The third kappa shape index (κ3) is 7.74. The lowest BCUT2D eigenvalue weighted by Crippen LogP contribution is -2.27. The van der Waals surface area contributed by atoms with Crippen LogP contribution in [0.4, 0.5) is 5.69 Å². The minimum atomic E-state index is -4.30. The van der Waals surface area contributed by atoms with Crippen LogP contribution in [0.3, 0.4) is 0 Å². The summed E-state index contributed by atoms with van der Waals surface area (Å²) in [4.78, 5) is 16.2. The van der Waals surface area contributed by atoms with Crippen molar-refractivity contribution in [1.29, 1.82) is 0 Å². The Hall–Kier alpha value is -2.05. The number of nitrogens with zero attached hydrogens (tertiary/aromatic N) is 1. The first-order valence-corrected chi connectivity index (χ1v) is 12.7. The van der Waals surface area contributed by atoms with E-state index < -0.39 is 21.5 Å². The molecule has 0 aliphatic carbocycles. The van der Waals surface area contributed by atoms with E-state index in [0.29, 0.717) is 64.7 Å². The van der Waals surface area contributed by atoms with Crippen LogP contribution in [0.5, 0.6) is 0 Å². The van der Waals surface area contributed by atoms with E-state index in [-0.39, 0.29) is 11.3 Å². The fraction of sp³-hybridized carbons (Fsp3) is 0.652. The van der Waals surface area contributed by atoms with Crippen molar-refractivity contribution >= 4 is 27.5 Å². The Morgan fingerprint density at radius 3 is 2.06 bits per heavy atom. The molecule has 1 aromatic rings. The molecule has 0 unspecified atom stereocenters. The fourth-order valence-electron chi connectivity index (χ4n) is 3.63. The van der Waals surface area contributed by atoms with Crippen LogP contribution < -0.4 is 0 Å². The van der Waals surface area contributed by atoms with Crippen molar-refractivity contribution in [2.45, 2.75) is 57.3 Å². The zero-order chi connectivity index (χ0) is 25.4. The lowest BCUT2D eigenvalue weighted by molar-refractivity contribution is -0.728. The van der Waals surface area contributed by atoms with Gasteiger partial charge in [-0.2, -0.15) is 8.42 Å². The average Bonchev–Trinajstić information content (AvgIpc) is 2.94. The smallest absolute Gasteiger partial charge is 0.303 e. The number of rotatable bonds is 16. The summed E-state index contributed by atoms with van der Waals surface area (Å²) in [5.74, 6) is -0.791. The Bertz CT molecular complexity index is 986. The Morgan fingerprint density at radius 2 is 1.50 bits per heavy atom. The van der Waals surface area contributed by atoms with Gasteiger partial charge in [0, 0.05) is 35.8 Å². The Labute approximate surface area is 201 Å². The first-order valence-electron chi connectivity index (χ1n) is 11.3. The highest BCUT2D eigenvalue weighted by molar-refractivity contribution is 7.85. The molecular formula is C23H36NO9S+. The van der Waals surface area contributed by atoms with Crippen molar-refractivity contribution in [1.82, 2.24) is 0 Å². The van der Waals surface area contributed by atoms with Gasteiger partial charge in [-0.15, -0.1) is 0 Å². The van der Waals surface area contributed by atoms with Gasteiger partial charge in [0.05, 0.1) is 43.3 Å². The first kappa shape index (κ1) is 28.2. The minimum Gasteiger partial charge on any atom is -0.481 e. The van der Waals surface area contributed by atoms with Crippen LogP contribution in [0.1, 0.15) is 51.2 Å². The van der Waals surface area contributed by atoms with Gasteiger partial charge in [0.2, 0.25) is 5.71 Å². The molecule has 10 nitrogen and oxygen atoms in total. The maximum atomic E-state index is 11.6. The average molecular weight is 503 g/mol. The highest BCUT2D eigenvalue weighted by Gasteiger charge is 2.47. The molecule has 0 radical (unpaired) electrons. The van der Waals surface area contributed by atoms with Crippen molar-refractivity contribution in [3.05, 3.63) is 23.3 Å². The molecule has 0 saturated carbocycles. The SMILES string of the molecule is CC1=[N+](OCCOCCOCCOCCCCC(=O)O)c2c(C)cc(S(=O)(=O)O)cc2C1(C)C. The van der Waals surface area contributed by atoms with Crippen molar-refractivity contribution < 1.29 is 46.7 Å². The van der Waals surface area contributed by atoms with Gasteiger partial charge in [-0.05, 0) is 45.7 Å². The topological polar surface area (TPSA) is 132 Å². The van der Waals surface area contributed by atoms with Crippen molar-refractivity contribution in [3.8, 4) is 0 Å². The van der Waals surface area contributed by atoms with E-state index >= 15 is 0 Å². The van der Waals surface area contributed by atoms with Crippen LogP contribution >= 0.6 is 0 Å². The number of carboxylic acid groups (broad SMARTS) is 1. The van der Waals surface area contributed by atoms with Gasteiger partial charge in [-0.3, -0.25) is 14.2 Å². The van der Waals surface area contributed by atoms with Gasteiger partial charge >= 0.3 is 5.97 Å². The second-order valence-corrected chi connectivity index (χ2v) is 10.1. The van der Waals surface area contributed by atoms with E-state index in [0.717, 1.165) is 17.0 Å². The number of aryl methyl sites for hydroxylation is 1. The Balaban J connectivity index is 1.69. The summed E-state index contributed by atoms with van der Waals surface area (Å²) >= 11 is 0. The quantitative estimate of drug-likeness (QED) is 0.199. The molecule has 0 atom stereocenters. The van der Waals surface area contributed by atoms with Gasteiger partial charge in [0.25, 0.3) is 15.8 Å². The van der Waals surface area contributed by atoms with Gasteiger partial charge in [-0.25, -0.2) is 0 Å². The van der Waals surface area contributed by atoms with Gasteiger partial charge in [-0.1, -0.05) is 0 Å². The second kappa shape index (κ2) is 12.6. The van der Waals surface area contributed by atoms with Crippen LogP contribution in [-0.2, 0) is 39.4 Å². The van der Waals surface area contributed by atoms with Crippen LogP contribution in [0.2, 0.25) is 0 Å². The normalized spacial score (nSPS) is 15.0. The summed E-state index contributed by atoms with van der Waals surface area (Å²) in [5, 5.41) is 8.55. The van der Waals surface area contributed by atoms with E-state index in [4.69, 9.17) is 24.2 Å². The second-order valence-electron chi connectivity index (χ2n) is 8.64. The highest BCUT2D eigenvalue weighted by Crippen LogP contribution is 2.42. The van der Waals surface area contributed by atoms with Crippen molar-refractivity contribution in [2.24, 2.45) is 0 Å². The molecule has 0 spiro atoms. The van der Waals surface area contributed by atoms with E-state index in [2.05, 4.69) is 0 Å². The zero-order valence-corrected chi connectivity index (χ0v) is 21.1. The van der Waals surface area contributed by atoms with Crippen molar-refractivity contribution in [2.75, 3.05) is 46.2 Å².